The minimum absolute atomic E-state index is 0.211. The highest BCUT2D eigenvalue weighted by molar-refractivity contribution is 6.17. The molecule has 0 aliphatic rings. The van der Waals surface area contributed by atoms with Gasteiger partial charge in [-0.3, -0.25) is 10.1 Å². The fraction of sp³-hybridized carbons (Fsp3) is 0.273. The van der Waals surface area contributed by atoms with E-state index in [1.165, 1.54) is 18.3 Å². The third-order valence-electron chi connectivity index (χ3n) is 2.50. The summed E-state index contributed by atoms with van der Waals surface area (Å²) in [5.41, 5.74) is 0.0455. The van der Waals surface area contributed by atoms with Crippen LogP contribution in [0.2, 0.25) is 0 Å². The van der Waals surface area contributed by atoms with Crippen LogP contribution in [0.1, 0.15) is 12.1 Å². The standard InChI is InChI=1S/C11H10ClFN4O2/c12-6-2-3-8-7-16(15-14-8)11-9(13)4-1-5-10(11)17(18)19/h1,4-5,7H,2-3,6H2. The average molecular weight is 285 g/mol. The normalized spacial score (nSPS) is 10.6. The third-order valence-corrected chi connectivity index (χ3v) is 2.77. The first-order chi connectivity index (χ1) is 9.13. The largest absolute Gasteiger partial charge is 0.297 e. The summed E-state index contributed by atoms with van der Waals surface area (Å²) in [7, 11) is 0. The molecule has 8 heteroatoms. The summed E-state index contributed by atoms with van der Waals surface area (Å²) in [6.07, 6.45) is 2.77. The molecule has 19 heavy (non-hydrogen) atoms. The SMILES string of the molecule is O=[N+]([O-])c1cccc(F)c1-n1cc(CCCCl)nn1. The first kappa shape index (κ1) is 13.4. The minimum atomic E-state index is -0.719. The van der Waals surface area contributed by atoms with Crippen LogP contribution < -0.4 is 0 Å². The first-order valence-corrected chi connectivity index (χ1v) is 6.07. The molecule has 0 N–H and O–H groups in total. The lowest BCUT2D eigenvalue weighted by molar-refractivity contribution is -0.384. The van der Waals surface area contributed by atoms with Crippen LogP contribution >= 0.6 is 11.6 Å². The summed E-state index contributed by atoms with van der Waals surface area (Å²) in [5.74, 6) is -0.241. The number of nitro groups is 1. The van der Waals surface area contributed by atoms with Crippen molar-refractivity contribution in [2.24, 2.45) is 0 Å². The summed E-state index contributed by atoms with van der Waals surface area (Å²) in [6, 6.07) is 3.64. The summed E-state index contributed by atoms with van der Waals surface area (Å²) in [5, 5.41) is 18.4. The zero-order valence-corrected chi connectivity index (χ0v) is 10.5. The molecule has 1 aromatic carbocycles. The smallest absolute Gasteiger partial charge is 0.258 e. The van der Waals surface area contributed by atoms with Crippen LogP contribution in [0.4, 0.5) is 10.1 Å². The number of alkyl halides is 1. The Labute approximate surface area is 113 Å². The van der Waals surface area contributed by atoms with Crippen LogP contribution in [0, 0.1) is 15.9 Å². The number of halogens is 2. The zero-order chi connectivity index (χ0) is 13.8. The van der Waals surface area contributed by atoms with Gasteiger partial charge >= 0.3 is 0 Å². The molecule has 0 radical (unpaired) electrons. The molecule has 6 nitrogen and oxygen atoms in total. The van der Waals surface area contributed by atoms with E-state index in [1.54, 1.807) is 0 Å². The van der Waals surface area contributed by atoms with Gasteiger partial charge in [0.2, 0.25) is 0 Å². The second-order valence-corrected chi connectivity index (χ2v) is 4.19. The fourth-order valence-corrected chi connectivity index (χ4v) is 1.78. The summed E-state index contributed by atoms with van der Waals surface area (Å²) in [4.78, 5) is 10.2. The Bertz CT molecular complexity index is 602. The molecule has 0 saturated carbocycles. The van der Waals surface area contributed by atoms with Crippen LogP contribution in [0.15, 0.2) is 24.4 Å². The molecule has 0 aliphatic heterocycles. The molecule has 0 amide bonds. The van der Waals surface area contributed by atoms with Crippen molar-refractivity contribution in [3.05, 3.63) is 46.0 Å². The van der Waals surface area contributed by atoms with E-state index in [0.29, 0.717) is 24.4 Å². The number of para-hydroxylation sites is 1. The number of aromatic nitrogens is 3. The van der Waals surface area contributed by atoms with Crippen molar-refractivity contribution in [2.45, 2.75) is 12.8 Å². The molecule has 0 spiro atoms. The van der Waals surface area contributed by atoms with Crippen LogP contribution in [0.5, 0.6) is 0 Å². The summed E-state index contributed by atoms with van der Waals surface area (Å²) < 4.78 is 14.8. The van der Waals surface area contributed by atoms with Crippen molar-refractivity contribution < 1.29 is 9.31 Å². The molecular formula is C11H10ClFN4O2. The van der Waals surface area contributed by atoms with Crippen molar-refractivity contribution in [2.75, 3.05) is 5.88 Å². The second kappa shape index (κ2) is 5.75. The molecule has 1 heterocycles. The van der Waals surface area contributed by atoms with E-state index < -0.39 is 10.7 Å². The van der Waals surface area contributed by atoms with Crippen LogP contribution in [0.3, 0.4) is 0 Å². The maximum atomic E-state index is 13.7. The van der Waals surface area contributed by atoms with Crippen molar-refractivity contribution in [3.63, 3.8) is 0 Å². The highest BCUT2D eigenvalue weighted by Crippen LogP contribution is 2.24. The Morgan fingerprint density at radius 1 is 1.47 bits per heavy atom. The lowest BCUT2D eigenvalue weighted by Crippen LogP contribution is -2.03. The van der Waals surface area contributed by atoms with Gasteiger partial charge in [0, 0.05) is 11.9 Å². The van der Waals surface area contributed by atoms with E-state index in [-0.39, 0.29) is 11.4 Å². The van der Waals surface area contributed by atoms with E-state index in [0.717, 1.165) is 10.7 Å². The first-order valence-electron chi connectivity index (χ1n) is 5.54. The molecule has 0 aliphatic carbocycles. The molecule has 2 aromatic rings. The number of nitro benzene ring substituents is 1. The van der Waals surface area contributed by atoms with Gasteiger partial charge in [-0.2, -0.15) is 0 Å². The Balaban J connectivity index is 2.41. The van der Waals surface area contributed by atoms with Crippen molar-refractivity contribution >= 4 is 17.3 Å². The number of rotatable bonds is 5. The predicted octanol–water partition coefficient (Wildman–Crippen LogP) is 2.49. The topological polar surface area (TPSA) is 73.8 Å². The second-order valence-electron chi connectivity index (χ2n) is 3.81. The highest BCUT2D eigenvalue weighted by Gasteiger charge is 2.20. The summed E-state index contributed by atoms with van der Waals surface area (Å²) in [6.45, 7) is 0. The van der Waals surface area contributed by atoms with Crippen LogP contribution in [0.25, 0.3) is 5.69 Å². The van der Waals surface area contributed by atoms with E-state index in [1.807, 2.05) is 0 Å². The number of aryl methyl sites for hydroxylation is 1. The fourth-order valence-electron chi connectivity index (χ4n) is 1.65. The number of hydrogen-bond donors (Lipinski definition) is 0. The van der Waals surface area contributed by atoms with Gasteiger partial charge in [0.05, 0.1) is 16.8 Å². The van der Waals surface area contributed by atoms with Gasteiger partial charge in [0.15, 0.2) is 11.5 Å². The molecule has 0 fully saturated rings. The molecule has 0 bridgehead atoms. The lowest BCUT2D eigenvalue weighted by atomic mass is 10.2. The number of hydrogen-bond acceptors (Lipinski definition) is 4. The van der Waals surface area contributed by atoms with Gasteiger partial charge in [-0.05, 0) is 18.9 Å². The Morgan fingerprint density at radius 3 is 2.95 bits per heavy atom. The van der Waals surface area contributed by atoms with Gasteiger partial charge in [0.1, 0.15) is 0 Å². The maximum absolute atomic E-state index is 13.7. The monoisotopic (exact) mass is 284 g/mol. The molecule has 2 rings (SSSR count). The van der Waals surface area contributed by atoms with Crippen LogP contribution in [-0.2, 0) is 6.42 Å². The maximum Gasteiger partial charge on any atom is 0.297 e. The Kier molecular flexibility index (Phi) is 4.06. The molecular weight excluding hydrogens is 275 g/mol. The number of nitrogens with zero attached hydrogens (tertiary/aromatic N) is 4. The van der Waals surface area contributed by atoms with E-state index >= 15 is 0 Å². The molecule has 100 valence electrons. The van der Waals surface area contributed by atoms with Crippen molar-refractivity contribution in [3.8, 4) is 5.69 Å². The molecule has 0 saturated heterocycles. The van der Waals surface area contributed by atoms with E-state index in [2.05, 4.69) is 10.3 Å². The quantitative estimate of drug-likeness (QED) is 0.480. The lowest BCUT2D eigenvalue weighted by Gasteiger charge is -2.02. The van der Waals surface area contributed by atoms with Gasteiger partial charge in [-0.15, -0.1) is 16.7 Å². The van der Waals surface area contributed by atoms with Gasteiger partial charge in [-0.1, -0.05) is 11.3 Å². The molecule has 0 atom stereocenters. The third kappa shape index (κ3) is 2.87. The minimum Gasteiger partial charge on any atom is -0.258 e. The van der Waals surface area contributed by atoms with Gasteiger partial charge in [-0.25, -0.2) is 9.07 Å². The van der Waals surface area contributed by atoms with Gasteiger partial charge < -0.3 is 0 Å². The Morgan fingerprint density at radius 2 is 2.26 bits per heavy atom. The van der Waals surface area contributed by atoms with E-state index in [9.17, 15) is 14.5 Å². The molecule has 1 aromatic heterocycles. The predicted molar refractivity (Wildman–Crippen MR) is 67.0 cm³/mol. The Hall–Kier alpha value is -2.02. The zero-order valence-electron chi connectivity index (χ0n) is 9.79. The van der Waals surface area contributed by atoms with E-state index in [4.69, 9.17) is 11.6 Å². The highest BCUT2D eigenvalue weighted by atomic mass is 35.5. The van der Waals surface area contributed by atoms with Crippen molar-refractivity contribution in [1.82, 2.24) is 15.0 Å². The molecule has 0 unspecified atom stereocenters. The van der Waals surface area contributed by atoms with Crippen LogP contribution in [-0.4, -0.2) is 25.8 Å². The van der Waals surface area contributed by atoms with Gasteiger partial charge in [0.25, 0.3) is 5.69 Å². The number of benzene rings is 1. The van der Waals surface area contributed by atoms with Crippen molar-refractivity contribution in [1.29, 1.82) is 0 Å². The average Bonchev–Trinajstić information content (AvgIpc) is 2.84. The summed E-state index contributed by atoms with van der Waals surface area (Å²) >= 11 is 5.56.